The smallest absolute Gasteiger partial charge is 0.378 e. The van der Waals surface area contributed by atoms with Crippen molar-refractivity contribution in [1.29, 1.82) is 5.26 Å². The first-order valence-corrected chi connectivity index (χ1v) is 13.1. The number of alkyl halides is 3. The largest absolute Gasteiger partial charge is 0.435 e. The third-order valence-corrected chi connectivity index (χ3v) is 7.74. The molecule has 3 heterocycles. The Kier molecular flexibility index (Phi) is 7.17. The van der Waals surface area contributed by atoms with Crippen LogP contribution in [0.2, 0.25) is 0 Å². The third-order valence-electron chi connectivity index (χ3n) is 6.70. The second-order valence-electron chi connectivity index (χ2n) is 9.14. The summed E-state index contributed by atoms with van der Waals surface area (Å²) in [5, 5.41) is 16.3. The summed E-state index contributed by atoms with van der Waals surface area (Å²) in [6.45, 7) is 2.62. The van der Waals surface area contributed by atoms with Crippen LogP contribution in [-0.4, -0.2) is 33.7 Å². The number of carbonyl (C=O) groups is 1. The number of aromatic nitrogens is 2. The molecule has 1 atom stereocenters. The molecule has 1 N–H and O–H groups in total. The molecule has 0 unspecified atom stereocenters. The van der Waals surface area contributed by atoms with Crippen LogP contribution in [0.3, 0.4) is 0 Å². The molecule has 0 saturated heterocycles. The van der Waals surface area contributed by atoms with Gasteiger partial charge in [-0.1, -0.05) is 18.2 Å². The maximum Gasteiger partial charge on any atom is 0.435 e. The highest BCUT2D eigenvalue weighted by Gasteiger charge is 2.40. The number of thiophene rings is 1. The zero-order valence-corrected chi connectivity index (χ0v) is 21.7. The summed E-state index contributed by atoms with van der Waals surface area (Å²) in [7, 11) is 0. The third kappa shape index (κ3) is 5.26. The molecule has 1 aliphatic carbocycles. The van der Waals surface area contributed by atoms with Crippen molar-refractivity contribution in [2.75, 3.05) is 13.1 Å². The zero-order chi connectivity index (χ0) is 27.7. The minimum absolute atomic E-state index is 0. The molecular formula is C28H25F4N5OS. The van der Waals surface area contributed by atoms with Crippen molar-refractivity contribution in [1.82, 2.24) is 20.0 Å². The summed E-state index contributed by atoms with van der Waals surface area (Å²) >= 11 is 1.22. The standard InChI is InChI=1S/C28H23F4N5OS.H2/c1-2-37-15-22(27(35-37)28(30,31)32)26-19(8-4-9-23(26)29)21-14-36(16-24-20(21)12-18(13-33)39-24)25(38)10-5-11-34-17-6-3-7-17;/h3-5,8-10,12,15,21,34H,2,6,11,14,16H2,1H3;1H/b10-5+;/t21-;/m0./s1. The fourth-order valence-electron chi connectivity index (χ4n) is 4.77. The van der Waals surface area contributed by atoms with Gasteiger partial charge in [-0.15, -0.1) is 17.1 Å². The Morgan fingerprint density at radius 1 is 1.38 bits per heavy atom. The Morgan fingerprint density at radius 3 is 2.85 bits per heavy atom. The number of aryl methyl sites for hydroxylation is 1. The van der Waals surface area contributed by atoms with Crippen LogP contribution in [0.25, 0.3) is 11.1 Å². The van der Waals surface area contributed by atoms with Crippen molar-refractivity contribution in [2.24, 2.45) is 0 Å². The number of carbonyl (C=O) groups excluding carboxylic acids is 1. The van der Waals surface area contributed by atoms with Crippen LogP contribution in [-0.2, 0) is 24.1 Å². The summed E-state index contributed by atoms with van der Waals surface area (Å²) < 4.78 is 58.4. The predicted molar refractivity (Wildman–Crippen MR) is 140 cm³/mol. The fourth-order valence-corrected chi connectivity index (χ4v) is 5.81. The molecule has 3 aromatic rings. The van der Waals surface area contributed by atoms with Crippen molar-refractivity contribution in [3.8, 4) is 17.2 Å². The second-order valence-corrected chi connectivity index (χ2v) is 10.3. The van der Waals surface area contributed by atoms with E-state index in [0.717, 1.165) is 27.7 Å². The molecule has 202 valence electrons. The van der Waals surface area contributed by atoms with Gasteiger partial charge >= 0.3 is 6.18 Å². The molecule has 2 aromatic heterocycles. The maximum atomic E-state index is 15.4. The first-order valence-electron chi connectivity index (χ1n) is 12.3. The number of halogens is 4. The molecule has 11 heteroatoms. The summed E-state index contributed by atoms with van der Waals surface area (Å²) in [4.78, 5) is 15.8. The highest BCUT2D eigenvalue weighted by atomic mass is 32.1. The van der Waals surface area contributed by atoms with Crippen molar-refractivity contribution < 1.29 is 23.8 Å². The lowest BCUT2D eigenvalue weighted by atomic mass is 9.83. The first-order chi connectivity index (χ1) is 18.7. The van der Waals surface area contributed by atoms with E-state index in [0.29, 0.717) is 22.5 Å². The van der Waals surface area contributed by atoms with E-state index >= 15 is 4.39 Å². The number of nitrogens with zero attached hydrogens (tertiary/aromatic N) is 4. The normalized spacial score (nSPS) is 16.6. The number of benzene rings is 1. The minimum atomic E-state index is -4.80. The van der Waals surface area contributed by atoms with Gasteiger partial charge in [0.25, 0.3) is 0 Å². The van der Waals surface area contributed by atoms with Crippen LogP contribution in [0.5, 0.6) is 0 Å². The lowest BCUT2D eigenvalue weighted by molar-refractivity contribution is -0.141. The average Bonchev–Trinajstić information content (AvgIpc) is 3.50. The summed E-state index contributed by atoms with van der Waals surface area (Å²) in [6.07, 6.45) is 2.24. The van der Waals surface area contributed by atoms with E-state index in [2.05, 4.69) is 22.2 Å². The van der Waals surface area contributed by atoms with Gasteiger partial charge in [0, 0.05) is 61.7 Å². The van der Waals surface area contributed by atoms with E-state index in [9.17, 15) is 23.2 Å². The number of amides is 1. The quantitative estimate of drug-likeness (QED) is 0.222. The Hall–Kier alpha value is -4.13. The minimum Gasteiger partial charge on any atom is -0.378 e. The molecule has 39 heavy (non-hydrogen) atoms. The Labute approximate surface area is 227 Å². The first kappa shape index (κ1) is 26.5. The fraction of sp³-hybridized carbons (Fsp3) is 0.286. The van der Waals surface area contributed by atoms with Gasteiger partial charge in [-0.2, -0.15) is 23.5 Å². The molecular weight excluding hydrogens is 530 g/mol. The topological polar surface area (TPSA) is 74.0 Å². The Morgan fingerprint density at radius 2 is 2.18 bits per heavy atom. The van der Waals surface area contributed by atoms with Crippen LogP contribution >= 0.6 is 11.3 Å². The van der Waals surface area contributed by atoms with Crippen LogP contribution in [0, 0.1) is 17.1 Å². The predicted octanol–water partition coefficient (Wildman–Crippen LogP) is 5.97. The maximum absolute atomic E-state index is 15.4. The van der Waals surface area contributed by atoms with Crippen LogP contribution in [0.1, 0.15) is 47.3 Å². The van der Waals surface area contributed by atoms with Crippen molar-refractivity contribution in [3.63, 3.8) is 0 Å². The highest BCUT2D eigenvalue weighted by Crippen LogP contribution is 2.45. The summed E-state index contributed by atoms with van der Waals surface area (Å²) in [6, 6.07) is 7.93. The van der Waals surface area contributed by atoms with E-state index in [4.69, 9.17) is 0 Å². The van der Waals surface area contributed by atoms with Crippen LogP contribution in [0.15, 0.2) is 60.1 Å². The van der Waals surface area contributed by atoms with E-state index in [1.54, 1.807) is 30.0 Å². The van der Waals surface area contributed by atoms with Gasteiger partial charge < -0.3 is 10.2 Å². The molecule has 0 fully saturated rings. The number of rotatable bonds is 7. The number of nitrogens with one attached hydrogen (secondary N) is 1. The monoisotopic (exact) mass is 555 g/mol. The molecule has 0 spiro atoms. The molecule has 6 nitrogen and oxygen atoms in total. The molecule has 0 bridgehead atoms. The van der Waals surface area contributed by atoms with Gasteiger partial charge in [-0.25, -0.2) is 4.39 Å². The molecule has 2 aliphatic rings. The van der Waals surface area contributed by atoms with Crippen molar-refractivity contribution in [3.05, 3.63) is 92.5 Å². The number of fused-ring (bicyclic) bond motifs is 1. The summed E-state index contributed by atoms with van der Waals surface area (Å²) in [5.41, 5.74) is 3.23. The van der Waals surface area contributed by atoms with E-state index in [-0.39, 0.29) is 38.1 Å². The zero-order valence-electron chi connectivity index (χ0n) is 20.8. The second kappa shape index (κ2) is 10.6. The lowest BCUT2D eigenvalue weighted by Gasteiger charge is -2.33. The van der Waals surface area contributed by atoms with Gasteiger partial charge in [-0.05, 0) is 36.3 Å². The van der Waals surface area contributed by atoms with E-state index in [1.165, 1.54) is 29.7 Å². The van der Waals surface area contributed by atoms with Crippen LogP contribution < -0.4 is 5.32 Å². The van der Waals surface area contributed by atoms with Gasteiger partial charge in [0.15, 0.2) is 5.69 Å². The number of hydrogen-bond acceptors (Lipinski definition) is 5. The number of hydrogen-bond donors (Lipinski definition) is 1. The molecule has 0 radical (unpaired) electrons. The Balaban J connectivity index is 0.00000370. The molecule has 1 aliphatic heterocycles. The average molecular weight is 556 g/mol. The highest BCUT2D eigenvalue weighted by molar-refractivity contribution is 7.12. The van der Waals surface area contributed by atoms with Gasteiger partial charge in [0.2, 0.25) is 5.91 Å². The van der Waals surface area contributed by atoms with Crippen molar-refractivity contribution >= 4 is 17.2 Å². The van der Waals surface area contributed by atoms with E-state index < -0.39 is 23.6 Å². The van der Waals surface area contributed by atoms with Gasteiger partial charge in [0.1, 0.15) is 16.8 Å². The SMILES string of the molecule is CCn1cc(-c2c(F)cccc2[C@@H]2CN(C(=O)/C=C/CNC3=C=CC3)Cc3sc(C#N)cc32)c(C(F)(F)F)n1.[HH]. The number of nitriles is 1. The van der Waals surface area contributed by atoms with E-state index in [1.807, 2.05) is 6.08 Å². The Bertz CT molecular complexity index is 1580. The molecule has 0 saturated carbocycles. The molecule has 1 aromatic carbocycles. The van der Waals surface area contributed by atoms with Gasteiger partial charge in [-0.3, -0.25) is 9.48 Å². The lowest BCUT2D eigenvalue weighted by Crippen LogP contribution is -2.37. The molecule has 5 rings (SSSR count). The molecule has 1 amide bonds. The van der Waals surface area contributed by atoms with Crippen LogP contribution in [0.4, 0.5) is 17.6 Å². The van der Waals surface area contributed by atoms with Gasteiger partial charge in [0.05, 0.1) is 12.2 Å². The van der Waals surface area contributed by atoms with Crippen molar-refractivity contribution in [2.45, 2.75) is 38.5 Å². The summed E-state index contributed by atoms with van der Waals surface area (Å²) in [5.74, 6) is -1.76.